The van der Waals surface area contributed by atoms with Gasteiger partial charge in [0.1, 0.15) is 11.5 Å². The summed E-state index contributed by atoms with van der Waals surface area (Å²) in [6, 6.07) is 0. The number of aromatic nitrogens is 2. The van der Waals surface area contributed by atoms with Gasteiger partial charge in [-0.15, -0.1) is 0 Å². The first-order chi connectivity index (χ1) is 10.2. The van der Waals surface area contributed by atoms with Gasteiger partial charge in [-0.3, -0.25) is 4.79 Å². The molecule has 1 aromatic rings. The van der Waals surface area contributed by atoms with Crippen molar-refractivity contribution in [1.29, 1.82) is 0 Å². The van der Waals surface area contributed by atoms with Crippen LogP contribution >= 0.6 is 0 Å². The summed E-state index contributed by atoms with van der Waals surface area (Å²) in [7, 11) is 2.12. The number of anilines is 1. The molecule has 0 aliphatic carbocycles. The SMILES string of the molecule is CCCCCNC(=O)c1cnc(N2CCN(C)CC2)cn1. The van der Waals surface area contributed by atoms with E-state index in [1.807, 2.05) is 0 Å². The van der Waals surface area contributed by atoms with Gasteiger partial charge in [0.2, 0.25) is 0 Å². The number of carbonyl (C=O) groups excluding carboxylic acids is 1. The molecule has 1 amide bonds. The smallest absolute Gasteiger partial charge is 0.271 e. The van der Waals surface area contributed by atoms with Crippen LogP contribution in [0.25, 0.3) is 0 Å². The van der Waals surface area contributed by atoms with Crippen LogP contribution in [-0.4, -0.2) is 60.5 Å². The molecule has 0 unspecified atom stereocenters. The minimum absolute atomic E-state index is 0.136. The molecule has 1 saturated heterocycles. The average molecular weight is 291 g/mol. The van der Waals surface area contributed by atoms with Gasteiger partial charge in [-0.05, 0) is 13.5 Å². The highest BCUT2D eigenvalue weighted by molar-refractivity contribution is 5.91. The van der Waals surface area contributed by atoms with Crippen LogP contribution in [0, 0.1) is 0 Å². The third-order valence-corrected chi connectivity index (χ3v) is 3.76. The number of carbonyl (C=O) groups is 1. The molecule has 6 nitrogen and oxygen atoms in total. The molecule has 0 atom stereocenters. The van der Waals surface area contributed by atoms with E-state index >= 15 is 0 Å². The number of likely N-dealkylation sites (N-methyl/N-ethyl adjacent to an activating group) is 1. The van der Waals surface area contributed by atoms with Gasteiger partial charge >= 0.3 is 0 Å². The van der Waals surface area contributed by atoms with Crippen molar-refractivity contribution in [3.05, 3.63) is 18.1 Å². The van der Waals surface area contributed by atoms with Gasteiger partial charge in [0.15, 0.2) is 0 Å². The van der Waals surface area contributed by atoms with Crippen molar-refractivity contribution < 1.29 is 4.79 Å². The lowest BCUT2D eigenvalue weighted by molar-refractivity contribution is 0.0947. The third kappa shape index (κ3) is 4.67. The zero-order chi connectivity index (χ0) is 15.1. The highest BCUT2D eigenvalue weighted by atomic mass is 16.1. The van der Waals surface area contributed by atoms with Crippen LogP contribution in [0.15, 0.2) is 12.4 Å². The number of rotatable bonds is 6. The Morgan fingerprint density at radius 1 is 1.19 bits per heavy atom. The van der Waals surface area contributed by atoms with Crippen LogP contribution in [0.1, 0.15) is 36.7 Å². The molecular weight excluding hydrogens is 266 g/mol. The molecule has 1 aliphatic heterocycles. The Morgan fingerprint density at radius 2 is 1.95 bits per heavy atom. The standard InChI is InChI=1S/C15H25N5O/c1-3-4-5-6-16-15(21)13-11-18-14(12-17-13)20-9-7-19(2)8-10-20/h11-12H,3-10H2,1-2H3,(H,16,21). The topological polar surface area (TPSA) is 61.4 Å². The third-order valence-electron chi connectivity index (χ3n) is 3.76. The molecule has 0 saturated carbocycles. The lowest BCUT2D eigenvalue weighted by Crippen LogP contribution is -2.44. The van der Waals surface area contributed by atoms with Gasteiger partial charge in [-0.2, -0.15) is 0 Å². The number of hydrogen-bond donors (Lipinski definition) is 1. The van der Waals surface area contributed by atoms with Crippen molar-refractivity contribution in [2.75, 3.05) is 44.7 Å². The molecule has 0 spiro atoms. The van der Waals surface area contributed by atoms with E-state index in [-0.39, 0.29) is 5.91 Å². The summed E-state index contributed by atoms with van der Waals surface area (Å²) in [5.74, 6) is 0.717. The number of piperazine rings is 1. The minimum atomic E-state index is -0.136. The summed E-state index contributed by atoms with van der Waals surface area (Å²) in [4.78, 5) is 25.0. The van der Waals surface area contributed by atoms with Gasteiger partial charge in [0, 0.05) is 32.7 Å². The van der Waals surface area contributed by atoms with Crippen LogP contribution in [0.3, 0.4) is 0 Å². The van der Waals surface area contributed by atoms with Gasteiger partial charge < -0.3 is 15.1 Å². The lowest BCUT2D eigenvalue weighted by Gasteiger charge is -2.32. The molecule has 0 aromatic carbocycles. The molecule has 2 heterocycles. The Labute approximate surface area is 126 Å². The van der Waals surface area contributed by atoms with E-state index in [1.54, 1.807) is 12.4 Å². The monoisotopic (exact) mass is 291 g/mol. The van der Waals surface area contributed by atoms with Crippen molar-refractivity contribution in [3.8, 4) is 0 Å². The predicted octanol–water partition coefficient (Wildman–Crippen LogP) is 1.15. The average Bonchev–Trinajstić information content (AvgIpc) is 2.52. The van der Waals surface area contributed by atoms with Gasteiger partial charge in [-0.25, -0.2) is 9.97 Å². The van der Waals surface area contributed by atoms with Crippen molar-refractivity contribution in [3.63, 3.8) is 0 Å². The molecule has 1 fully saturated rings. The molecule has 0 radical (unpaired) electrons. The van der Waals surface area contributed by atoms with Crippen LogP contribution < -0.4 is 10.2 Å². The van der Waals surface area contributed by atoms with Crippen molar-refractivity contribution >= 4 is 11.7 Å². The summed E-state index contributed by atoms with van der Waals surface area (Å²) in [6.45, 7) is 6.81. The van der Waals surface area contributed by atoms with Crippen molar-refractivity contribution in [1.82, 2.24) is 20.2 Å². The van der Waals surface area contributed by atoms with Crippen molar-refractivity contribution in [2.24, 2.45) is 0 Å². The van der Waals surface area contributed by atoms with Gasteiger partial charge in [0.05, 0.1) is 12.4 Å². The number of unbranched alkanes of at least 4 members (excludes halogenated alkanes) is 2. The van der Waals surface area contributed by atoms with E-state index in [0.717, 1.165) is 51.3 Å². The summed E-state index contributed by atoms with van der Waals surface area (Å²) in [5.41, 5.74) is 0.393. The van der Waals surface area contributed by atoms with Crippen LogP contribution in [-0.2, 0) is 0 Å². The maximum atomic E-state index is 11.9. The number of amides is 1. The van der Waals surface area contributed by atoms with E-state index in [9.17, 15) is 4.79 Å². The molecule has 1 aromatic heterocycles. The second kappa shape index (κ2) is 7.93. The van der Waals surface area contributed by atoms with Gasteiger partial charge in [0.25, 0.3) is 5.91 Å². The quantitative estimate of drug-likeness (QED) is 0.797. The summed E-state index contributed by atoms with van der Waals surface area (Å²) < 4.78 is 0. The number of nitrogens with one attached hydrogen (secondary N) is 1. The first-order valence-corrected chi connectivity index (χ1v) is 7.74. The Balaban J connectivity index is 1.85. The minimum Gasteiger partial charge on any atom is -0.353 e. The highest BCUT2D eigenvalue weighted by Gasteiger charge is 2.16. The van der Waals surface area contributed by atoms with E-state index in [0.29, 0.717) is 12.2 Å². The lowest BCUT2D eigenvalue weighted by atomic mass is 10.2. The fourth-order valence-electron chi connectivity index (χ4n) is 2.30. The molecular formula is C15H25N5O. The van der Waals surface area contributed by atoms with Crippen LogP contribution in [0.2, 0.25) is 0 Å². The normalized spacial score (nSPS) is 16.0. The Morgan fingerprint density at radius 3 is 2.57 bits per heavy atom. The largest absolute Gasteiger partial charge is 0.353 e. The van der Waals surface area contributed by atoms with Crippen molar-refractivity contribution in [2.45, 2.75) is 26.2 Å². The Kier molecular flexibility index (Phi) is 5.92. The summed E-state index contributed by atoms with van der Waals surface area (Å²) in [5, 5.41) is 2.88. The van der Waals surface area contributed by atoms with Crippen LogP contribution in [0.5, 0.6) is 0 Å². The van der Waals surface area contributed by atoms with Crippen LogP contribution in [0.4, 0.5) is 5.82 Å². The molecule has 6 heteroatoms. The van der Waals surface area contributed by atoms with E-state index < -0.39 is 0 Å². The number of nitrogens with zero attached hydrogens (tertiary/aromatic N) is 4. The maximum absolute atomic E-state index is 11.9. The second-order valence-corrected chi connectivity index (χ2v) is 5.51. The fraction of sp³-hybridized carbons (Fsp3) is 0.667. The fourth-order valence-corrected chi connectivity index (χ4v) is 2.30. The first kappa shape index (κ1) is 15.7. The molecule has 0 bridgehead atoms. The van der Waals surface area contributed by atoms with Gasteiger partial charge in [-0.1, -0.05) is 19.8 Å². The molecule has 1 aliphatic rings. The zero-order valence-electron chi connectivity index (χ0n) is 13.0. The summed E-state index contributed by atoms with van der Waals surface area (Å²) >= 11 is 0. The second-order valence-electron chi connectivity index (χ2n) is 5.51. The Bertz CT molecular complexity index is 440. The maximum Gasteiger partial charge on any atom is 0.271 e. The summed E-state index contributed by atoms with van der Waals surface area (Å²) in [6.07, 6.45) is 6.56. The predicted molar refractivity (Wildman–Crippen MR) is 83.6 cm³/mol. The van der Waals surface area contributed by atoms with E-state index in [2.05, 4.69) is 39.1 Å². The molecule has 21 heavy (non-hydrogen) atoms. The Hall–Kier alpha value is -1.69. The van der Waals surface area contributed by atoms with E-state index in [4.69, 9.17) is 0 Å². The number of hydrogen-bond acceptors (Lipinski definition) is 5. The highest BCUT2D eigenvalue weighted by Crippen LogP contribution is 2.11. The zero-order valence-corrected chi connectivity index (χ0v) is 13.0. The first-order valence-electron chi connectivity index (χ1n) is 7.74. The molecule has 2 rings (SSSR count). The molecule has 116 valence electrons. The molecule has 1 N–H and O–H groups in total. The van der Waals surface area contributed by atoms with E-state index in [1.165, 1.54) is 0 Å².